The lowest BCUT2D eigenvalue weighted by molar-refractivity contribution is 1.09. The van der Waals surface area contributed by atoms with E-state index in [4.69, 9.17) is 4.98 Å². The number of fused-ring (bicyclic) bond motifs is 7. The van der Waals surface area contributed by atoms with Crippen molar-refractivity contribution >= 4 is 54.6 Å². The fraction of sp³-hybridized carbons (Fsp3) is 0. The average molecular weight is 753 g/mol. The predicted octanol–water partition coefficient (Wildman–Crippen LogP) is 14.2. The topological polar surface area (TPSA) is 27.7 Å². The minimum Gasteiger partial charge on any atom is -0.309 e. The third-order valence-electron chi connectivity index (χ3n) is 11.9. The second-order valence-electron chi connectivity index (χ2n) is 15.2. The minimum atomic E-state index is 0.934. The fourth-order valence-electron chi connectivity index (χ4n) is 9.11. The quantitative estimate of drug-likeness (QED) is 0.166. The third-order valence-corrected chi connectivity index (χ3v) is 11.9. The van der Waals surface area contributed by atoms with Crippen molar-refractivity contribution in [2.75, 3.05) is 0 Å². The smallest absolute Gasteiger partial charge is 0.145 e. The monoisotopic (exact) mass is 752 g/mol. The van der Waals surface area contributed by atoms with E-state index in [1.54, 1.807) is 0 Å². The maximum Gasteiger partial charge on any atom is 0.145 e. The molecule has 0 saturated carbocycles. The highest BCUT2D eigenvalue weighted by Crippen LogP contribution is 2.39. The number of hydrogen-bond donors (Lipinski definition) is 0. The Morgan fingerprint density at radius 1 is 0.254 bits per heavy atom. The van der Waals surface area contributed by atoms with Crippen LogP contribution in [0.3, 0.4) is 0 Å². The Kier molecular flexibility index (Phi) is 7.50. The number of hydrogen-bond acceptors (Lipinski definition) is 1. The van der Waals surface area contributed by atoms with Crippen LogP contribution in [0.5, 0.6) is 0 Å². The number of imidazole rings is 1. The Labute approximate surface area is 341 Å². The summed E-state index contributed by atoms with van der Waals surface area (Å²) in [5.41, 5.74) is 16.1. The number of nitrogens with zero attached hydrogens (tertiary/aromatic N) is 4. The number of aromatic nitrogens is 4. The second kappa shape index (κ2) is 13.3. The first kappa shape index (κ1) is 33.2. The molecule has 0 atom stereocenters. The summed E-state index contributed by atoms with van der Waals surface area (Å²) >= 11 is 0. The third kappa shape index (κ3) is 5.34. The van der Waals surface area contributed by atoms with Gasteiger partial charge >= 0.3 is 0 Å². The molecule has 0 N–H and O–H groups in total. The minimum absolute atomic E-state index is 0.934. The summed E-state index contributed by atoms with van der Waals surface area (Å²) in [6.07, 6.45) is 0. The van der Waals surface area contributed by atoms with E-state index in [-0.39, 0.29) is 0 Å². The number of para-hydroxylation sites is 4. The Morgan fingerprint density at radius 2 is 0.644 bits per heavy atom. The molecule has 0 radical (unpaired) electrons. The van der Waals surface area contributed by atoms with Gasteiger partial charge in [-0.05, 0) is 107 Å². The Balaban J connectivity index is 0.950. The first-order chi connectivity index (χ1) is 29.3. The van der Waals surface area contributed by atoms with Crippen LogP contribution in [-0.2, 0) is 0 Å². The predicted molar refractivity (Wildman–Crippen MR) is 246 cm³/mol. The fourth-order valence-corrected chi connectivity index (χ4v) is 9.11. The van der Waals surface area contributed by atoms with Gasteiger partial charge in [0.05, 0.1) is 33.1 Å². The molecule has 0 aliphatic carbocycles. The van der Waals surface area contributed by atoms with E-state index in [0.29, 0.717) is 0 Å². The molecule has 0 aliphatic rings. The van der Waals surface area contributed by atoms with Crippen molar-refractivity contribution in [3.05, 3.63) is 218 Å². The second-order valence-corrected chi connectivity index (χ2v) is 15.2. The molecule has 0 bridgehead atoms. The SMILES string of the molecule is c1ccc(-c2ccc(-n3c4ccccc4c4cc(-c5ccc6c(c5)c5ccccc5n6-c5ccc(-n6c(-c7ccccc7)nc7ccccc76)cc5)ccc43)cc2)cc1. The molecule has 12 aromatic rings. The highest BCUT2D eigenvalue weighted by Gasteiger charge is 2.18. The van der Waals surface area contributed by atoms with Gasteiger partial charge in [0, 0.05) is 44.2 Å². The van der Waals surface area contributed by atoms with Gasteiger partial charge in [-0.2, -0.15) is 0 Å². The molecule has 59 heavy (non-hydrogen) atoms. The molecule has 0 fully saturated rings. The Hall–Kier alpha value is -7.95. The first-order valence-electron chi connectivity index (χ1n) is 20.1. The van der Waals surface area contributed by atoms with Crippen LogP contribution in [0.4, 0.5) is 0 Å². The average Bonchev–Trinajstić information content (AvgIpc) is 3.97. The molecular formula is C55H36N4. The summed E-state index contributed by atoms with van der Waals surface area (Å²) in [4.78, 5) is 5.06. The maximum atomic E-state index is 5.06. The standard InChI is InChI=1S/C55H36N4/c1-3-13-37(14-4-1)38-23-27-42(28-24-38)57-50-20-10-7-17-45(50)47-35-40(25-33-52(47)57)41-26-34-53-48(36-41)46-18-8-11-21-51(46)58(53)43-29-31-44(32-30-43)59-54-22-12-9-19-49(54)56-55(59)39-15-5-2-6-16-39/h1-36H. The van der Waals surface area contributed by atoms with E-state index < -0.39 is 0 Å². The van der Waals surface area contributed by atoms with E-state index in [2.05, 4.69) is 226 Å². The van der Waals surface area contributed by atoms with Crippen LogP contribution in [0, 0.1) is 0 Å². The summed E-state index contributed by atoms with van der Waals surface area (Å²) in [5, 5.41) is 4.96. The molecule has 0 amide bonds. The van der Waals surface area contributed by atoms with Gasteiger partial charge < -0.3 is 9.13 Å². The van der Waals surface area contributed by atoms with Crippen LogP contribution in [0.25, 0.3) is 105 Å². The van der Waals surface area contributed by atoms with Crippen LogP contribution < -0.4 is 0 Å². The van der Waals surface area contributed by atoms with Crippen LogP contribution in [0.1, 0.15) is 0 Å². The van der Waals surface area contributed by atoms with E-state index in [0.717, 1.165) is 39.5 Å². The molecule has 3 heterocycles. The van der Waals surface area contributed by atoms with E-state index in [9.17, 15) is 0 Å². The largest absolute Gasteiger partial charge is 0.309 e. The zero-order valence-electron chi connectivity index (χ0n) is 32.1. The zero-order chi connectivity index (χ0) is 38.9. The van der Waals surface area contributed by atoms with Crippen LogP contribution >= 0.6 is 0 Å². The molecule has 4 nitrogen and oxygen atoms in total. The highest BCUT2D eigenvalue weighted by molar-refractivity contribution is 6.12. The van der Waals surface area contributed by atoms with Crippen molar-refractivity contribution in [1.82, 2.24) is 18.7 Å². The van der Waals surface area contributed by atoms with Gasteiger partial charge in [0.2, 0.25) is 0 Å². The lowest BCUT2D eigenvalue weighted by atomic mass is 10.0. The van der Waals surface area contributed by atoms with Crippen LogP contribution in [0.2, 0.25) is 0 Å². The molecule has 0 unspecified atom stereocenters. The molecule has 4 heteroatoms. The van der Waals surface area contributed by atoms with Gasteiger partial charge in [0.15, 0.2) is 0 Å². The van der Waals surface area contributed by atoms with Crippen molar-refractivity contribution in [1.29, 1.82) is 0 Å². The van der Waals surface area contributed by atoms with E-state index >= 15 is 0 Å². The molecule has 3 aromatic heterocycles. The van der Waals surface area contributed by atoms with Crippen molar-refractivity contribution in [3.63, 3.8) is 0 Å². The van der Waals surface area contributed by atoms with Gasteiger partial charge in [-0.25, -0.2) is 4.98 Å². The summed E-state index contributed by atoms with van der Waals surface area (Å²) in [5.74, 6) is 0.934. The Morgan fingerprint density at radius 3 is 1.20 bits per heavy atom. The summed E-state index contributed by atoms with van der Waals surface area (Å²) in [6, 6.07) is 78.6. The first-order valence-corrected chi connectivity index (χ1v) is 20.1. The molecule has 0 aliphatic heterocycles. The van der Waals surface area contributed by atoms with Crippen molar-refractivity contribution in [2.45, 2.75) is 0 Å². The van der Waals surface area contributed by atoms with Gasteiger partial charge in [-0.3, -0.25) is 4.57 Å². The van der Waals surface area contributed by atoms with Crippen molar-refractivity contribution < 1.29 is 0 Å². The van der Waals surface area contributed by atoms with Gasteiger partial charge in [-0.1, -0.05) is 133 Å². The van der Waals surface area contributed by atoms with Crippen LogP contribution in [-0.4, -0.2) is 18.7 Å². The summed E-state index contributed by atoms with van der Waals surface area (Å²) in [6.45, 7) is 0. The molecule has 12 rings (SSSR count). The zero-order valence-corrected chi connectivity index (χ0v) is 32.1. The van der Waals surface area contributed by atoms with Crippen molar-refractivity contribution in [2.24, 2.45) is 0 Å². The van der Waals surface area contributed by atoms with Crippen molar-refractivity contribution in [3.8, 4) is 50.7 Å². The van der Waals surface area contributed by atoms with E-state index in [1.807, 2.05) is 6.07 Å². The lowest BCUT2D eigenvalue weighted by Crippen LogP contribution is -1.99. The van der Waals surface area contributed by atoms with Gasteiger partial charge in [0.1, 0.15) is 5.82 Å². The molecule has 276 valence electrons. The maximum absolute atomic E-state index is 5.06. The highest BCUT2D eigenvalue weighted by atomic mass is 15.1. The van der Waals surface area contributed by atoms with Crippen LogP contribution in [0.15, 0.2) is 218 Å². The van der Waals surface area contributed by atoms with E-state index in [1.165, 1.54) is 65.9 Å². The molecule has 0 spiro atoms. The summed E-state index contributed by atoms with van der Waals surface area (Å²) < 4.78 is 7.05. The lowest BCUT2D eigenvalue weighted by Gasteiger charge is -2.13. The molecule has 9 aromatic carbocycles. The van der Waals surface area contributed by atoms with Gasteiger partial charge in [0.25, 0.3) is 0 Å². The normalized spacial score (nSPS) is 11.7. The number of rotatable bonds is 6. The summed E-state index contributed by atoms with van der Waals surface area (Å²) in [7, 11) is 0. The Bertz CT molecular complexity index is 3520. The molecular weight excluding hydrogens is 717 g/mol. The van der Waals surface area contributed by atoms with Gasteiger partial charge in [-0.15, -0.1) is 0 Å². The molecule has 0 saturated heterocycles. The number of benzene rings is 9.